The molecule has 0 bridgehead atoms. The molecule has 0 saturated carbocycles. The number of carbonyl (C=O) groups is 2. The number of hydrogen-bond acceptors (Lipinski definition) is 7. The van der Waals surface area contributed by atoms with Crippen molar-refractivity contribution in [1.82, 2.24) is 5.32 Å². The molecule has 0 spiro atoms. The van der Waals surface area contributed by atoms with Crippen LogP contribution < -0.4 is 10.2 Å². The van der Waals surface area contributed by atoms with Gasteiger partial charge in [0.25, 0.3) is 7.82 Å². The molecule has 0 aliphatic carbocycles. The number of allylic oxidation sites excluding steroid dienone is 15. The van der Waals surface area contributed by atoms with Crippen molar-refractivity contribution in [1.29, 1.82) is 0 Å². The summed E-state index contributed by atoms with van der Waals surface area (Å²) < 4.78 is 30.2. The van der Waals surface area contributed by atoms with Crippen molar-refractivity contribution in [2.45, 2.75) is 238 Å². The van der Waals surface area contributed by atoms with Crippen LogP contribution in [-0.2, 0) is 27.9 Å². The Morgan fingerprint density at radius 3 is 1.49 bits per heavy atom. The smallest absolute Gasteiger partial charge is 0.306 e. The number of nitrogens with zero attached hydrogens (tertiary/aromatic N) is 1. The monoisotopic (exact) mass is 1010 g/mol. The van der Waals surface area contributed by atoms with Gasteiger partial charge in [0.1, 0.15) is 19.3 Å². The molecular formula is C61H107N2O7P. The second kappa shape index (κ2) is 50.5. The van der Waals surface area contributed by atoms with Crippen molar-refractivity contribution in [3.05, 3.63) is 97.2 Å². The molecular weight excluding hydrogens is 904 g/mol. The molecule has 0 aliphatic rings. The standard InChI is InChI=1S/C61H107N2O7P/c1-7-10-13-16-19-22-25-27-28-29-30-31-32-33-34-36-39-42-45-48-51-54-61(65)70-59(52-49-46-43-40-37-24-21-18-15-12-9-3)58(57-69-71(66,67)68-56-55-63(4,5)6)62-60(64)53-50-47-44-41-38-35-26-23-20-17-14-11-8-2/h11,14,17,19-20,22-23,26-28,30-31,33-34,49,52,58-59H,7-10,12-13,15-16,18,21,24-25,29,32,35-48,50-51,53-57H2,1-6H3,(H-,62,64,66,67)/b14-11+,20-17+,22-19-,26-23-,28-27-,31-30-,34-33-,52-49-. The van der Waals surface area contributed by atoms with E-state index >= 15 is 0 Å². The number of rotatable bonds is 50. The number of unbranched alkanes of at least 4 members (excludes halogenated alkanes) is 22. The first-order chi connectivity index (χ1) is 34.4. The van der Waals surface area contributed by atoms with E-state index in [1.54, 1.807) is 0 Å². The number of ether oxygens (including phenoxy) is 1. The minimum absolute atomic E-state index is 0.0348. The molecule has 0 aromatic heterocycles. The fourth-order valence-electron chi connectivity index (χ4n) is 7.62. The molecule has 0 aromatic rings. The van der Waals surface area contributed by atoms with E-state index in [0.29, 0.717) is 23.9 Å². The number of phosphoric ester groups is 1. The van der Waals surface area contributed by atoms with Crippen molar-refractivity contribution in [3.8, 4) is 0 Å². The quantitative estimate of drug-likeness (QED) is 0.0161. The highest BCUT2D eigenvalue weighted by Crippen LogP contribution is 2.38. The lowest BCUT2D eigenvalue weighted by atomic mass is 10.1. The SMILES string of the molecule is CC/C=C/C=C/C=C\CCCCCCCC(=O)NC(COP(=O)([O-])OCC[N+](C)(C)C)C(/C=C\CCCCCCCCCCC)OC(=O)CCCCCCC/C=C\C/C=C\C/C=C\C/C=C\CCCCC. The maximum atomic E-state index is 13.4. The predicted octanol–water partition coefficient (Wildman–Crippen LogP) is 16.6. The Morgan fingerprint density at radius 1 is 0.521 bits per heavy atom. The molecule has 408 valence electrons. The van der Waals surface area contributed by atoms with Gasteiger partial charge in [0.15, 0.2) is 0 Å². The van der Waals surface area contributed by atoms with Gasteiger partial charge in [0.2, 0.25) is 5.91 Å². The lowest BCUT2D eigenvalue weighted by Crippen LogP contribution is -2.47. The molecule has 0 aliphatic heterocycles. The zero-order valence-electron chi connectivity index (χ0n) is 46.4. The van der Waals surface area contributed by atoms with Crippen LogP contribution in [0.3, 0.4) is 0 Å². The first kappa shape index (κ1) is 67.9. The van der Waals surface area contributed by atoms with Crippen LogP contribution in [0.2, 0.25) is 0 Å². The van der Waals surface area contributed by atoms with E-state index in [1.807, 2.05) is 39.4 Å². The summed E-state index contributed by atoms with van der Waals surface area (Å²) in [6.07, 6.45) is 66.6. The van der Waals surface area contributed by atoms with E-state index in [1.165, 1.54) is 70.6 Å². The summed E-state index contributed by atoms with van der Waals surface area (Å²) in [5.74, 6) is -0.594. The van der Waals surface area contributed by atoms with Crippen LogP contribution in [0.5, 0.6) is 0 Å². The molecule has 0 fully saturated rings. The number of likely N-dealkylation sites (N-methyl/N-ethyl adjacent to an activating group) is 1. The fourth-order valence-corrected chi connectivity index (χ4v) is 8.34. The van der Waals surface area contributed by atoms with Gasteiger partial charge in [-0.1, -0.05) is 215 Å². The maximum absolute atomic E-state index is 13.4. The number of carbonyl (C=O) groups excluding carboxylic acids is 2. The molecule has 10 heteroatoms. The Hall–Kier alpha value is -3.07. The summed E-state index contributed by atoms with van der Waals surface area (Å²) in [5.41, 5.74) is 0. The summed E-state index contributed by atoms with van der Waals surface area (Å²) >= 11 is 0. The molecule has 3 atom stereocenters. The van der Waals surface area contributed by atoms with Crippen LogP contribution in [0.1, 0.15) is 226 Å². The third-order valence-electron chi connectivity index (χ3n) is 12.1. The van der Waals surface area contributed by atoms with Gasteiger partial charge in [-0.15, -0.1) is 0 Å². The van der Waals surface area contributed by atoms with Crippen molar-refractivity contribution >= 4 is 19.7 Å². The zero-order chi connectivity index (χ0) is 52.2. The predicted molar refractivity (Wildman–Crippen MR) is 302 cm³/mol. The Bertz CT molecular complexity index is 1540. The maximum Gasteiger partial charge on any atom is 0.306 e. The van der Waals surface area contributed by atoms with Gasteiger partial charge in [-0.25, -0.2) is 0 Å². The topological polar surface area (TPSA) is 114 Å². The number of nitrogens with one attached hydrogen (secondary N) is 1. The molecule has 71 heavy (non-hydrogen) atoms. The number of esters is 1. The van der Waals surface area contributed by atoms with Crippen LogP contribution in [0.4, 0.5) is 0 Å². The van der Waals surface area contributed by atoms with Crippen LogP contribution in [0, 0.1) is 0 Å². The average Bonchev–Trinajstić information content (AvgIpc) is 3.33. The largest absolute Gasteiger partial charge is 0.756 e. The Kier molecular flexibility index (Phi) is 48.3. The van der Waals surface area contributed by atoms with E-state index < -0.39 is 26.6 Å². The van der Waals surface area contributed by atoms with Gasteiger partial charge >= 0.3 is 5.97 Å². The van der Waals surface area contributed by atoms with Crippen LogP contribution in [0.15, 0.2) is 97.2 Å². The van der Waals surface area contributed by atoms with Gasteiger partial charge in [-0.3, -0.25) is 14.2 Å². The zero-order valence-corrected chi connectivity index (χ0v) is 47.3. The Morgan fingerprint density at radius 2 is 0.958 bits per heavy atom. The summed E-state index contributed by atoms with van der Waals surface area (Å²) in [6, 6.07) is -0.911. The minimum Gasteiger partial charge on any atom is -0.756 e. The van der Waals surface area contributed by atoms with Gasteiger partial charge in [-0.05, 0) is 96.0 Å². The molecule has 9 nitrogen and oxygen atoms in total. The van der Waals surface area contributed by atoms with Crippen molar-refractivity contribution in [2.75, 3.05) is 40.9 Å². The highest BCUT2D eigenvalue weighted by molar-refractivity contribution is 7.45. The highest BCUT2D eigenvalue weighted by Gasteiger charge is 2.27. The Labute approximate surface area is 437 Å². The molecule has 3 unspecified atom stereocenters. The lowest BCUT2D eigenvalue weighted by molar-refractivity contribution is -0.870. The average molecular weight is 1010 g/mol. The van der Waals surface area contributed by atoms with Gasteiger partial charge in [0.05, 0.1) is 33.8 Å². The minimum atomic E-state index is -4.71. The second-order valence-corrected chi connectivity index (χ2v) is 21.5. The van der Waals surface area contributed by atoms with Crippen molar-refractivity contribution in [2.24, 2.45) is 0 Å². The van der Waals surface area contributed by atoms with Gasteiger partial charge in [-0.2, -0.15) is 0 Å². The van der Waals surface area contributed by atoms with Crippen molar-refractivity contribution in [3.63, 3.8) is 0 Å². The molecule has 1 amide bonds. The number of hydrogen-bond donors (Lipinski definition) is 1. The molecule has 0 heterocycles. The van der Waals surface area contributed by atoms with E-state index in [4.69, 9.17) is 13.8 Å². The van der Waals surface area contributed by atoms with Crippen LogP contribution >= 0.6 is 7.82 Å². The molecule has 0 saturated heterocycles. The summed E-state index contributed by atoms with van der Waals surface area (Å²) in [4.78, 5) is 39.8. The van der Waals surface area contributed by atoms with Gasteiger partial charge in [0, 0.05) is 12.8 Å². The van der Waals surface area contributed by atoms with E-state index in [-0.39, 0.29) is 31.3 Å². The summed E-state index contributed by atoms with van der Waals surface area (Å²) in [5, 5.41) is 3.00. The Balaban J connectivity index is 5.34. The van der Waals surface area contributed by atoms with E-state index in [9.17, 15) is 19.0 Å². The second-order valence-electron chi connectivity index (χ2n) is 20.1. The van der Waals surface area contributed by atoms with Crippen molar-refractivity contribution < 1.29 is 37.3 Å². The highest BCUT2D eigenvalue weighted by atomic mass is 31.2. The molecule has 0 aromatic carbocycles. The van der Waals surface area contributed by atoms with E-state index in [0.717, 1.165) is 109 Å². The first-order valence-corrected chi connectivity index (χ1v) is 30.0. The summed E-state index contributed by atoms with van der Waals surface area (Å²) in [6.45, 7) is 6.62. The number of phosphoric acid groups is 1. The molecule has 0 radical (unpaired) electrons. The molecule has 1 N–H and O–H groups in total. The molecule has 0 rings (SSSR count). The fraction of sp³-hybridized carbons (Fsp3) is 0.705. The summed E-state index contributed by atoms with van der Waals surface area (Å²) in [7, 11) is 1.14. The normalized spacial score (nSPS) is 14.5. The lowest BCUT2D eigenvalue weighted by Gasteiger charge is -2.30. The van der Waals surface area contributed by atoms with Crippen LogP contribution in [-0.4, -0.2) is 69.4 Å². The number of quaternary nitrogens is 1. The third-order valence-corrected chi connectivity index (χ3v) is 13.0. The third kappa shape index (κ3) is 51.6. The van der Waals surface area contributed by atoms with Gasteiger partial charge < -0.3 is 28.5 Å². The first-order valence-electron chi connectivity index (χ1n) is 28.6. The number of amides is 1. The van der Waals surface area contributed by atoms with E-state index in [2.05, 4.69) is 105 Å². The van der Waals surface area contributed by atoms with Crippen LogP contribution in [0.25, 0.3) is 0 Å².